The monoisotopic (exact) mass is 425 g/mol. The minimum absolute atomic E-state index is 0.0757. The van der Waals surface area contributed by atoms with Crippen molar-refractivity contribution in [1.82, 2.24) is 10.3 Å². The lowest BCUT2D eigenvalue weighted by Gasteiger charge is -2.19. The molecule has 1 aromatic heterocycles. The molecule has 0 aliphatic carbocycles. The van der Waals surface area contributed by atoms with Crippen molar-refractivity contribution in [2.75, 3.05) is 12.4 Å². The zero-order valence-corrected chi connectivity index (χ0v) is 17.6. The Kier molecular flexibility index (Phi) is 7.40. The highest BCUT2D eigenvalue weighted by Crippen LogP contribution is 2.26. The van der Waals surface area contributed by atoms with Gasteiger partial charge in [0.05, 0.1) is 36.5 Å². The summed E-state index contributed by atoms with van der Waals surface area (Å²) in [6.45, 7) is 1.74. The van der Waals surface area contributed by atoms with E-state index < -0.39 is 6.04 Å². The van der Waals surface area contributed by atoms with E-state index in [1.54, 1.807) is 36.9 Å². The molecule has 0 spiro atoms. The molecule has 1 heterocycles. The van der Waals surface area contributed by atoms with E-state index in [9.17, 15) is 9.59 Å². The van der Waals surface area contributed by atoms with Crippen molar-refractivity contribution in [3.05, 3.63) is 70.7 Å². The van der Waals surface area contributed by atoms with Gasteiger partial charge in [-0.3, -0.25) is 9.59 Å². The van der Waals surface area contributed by atoms with Crippen LogP contribution in [0.5, 0.6) is 11.5 Å². The summed E-state index contributed by atoms with van der Waals surface area (Å²) in [5.74, 6) is 0.806. The van der Waals surface area contributed by atoms with Crippen molar-refractivity contribution in [1.29, 1.82) is 0 Å². The number of methoxy groups -OCH3 is 1. The molecular formula is C22H23N3O4S. The molecule has 0 aliphatic heterocycles. The Bertz CT molecular complexity index is 974. The molecule has 0 fully saturated rings. The molecule has 30 heavy (non-hydrogen) atoms. The highest BCUT2D eigenvalue weighted by Gasteiger charge is 2.18. The van der Waals surface area contributed by atoms with Gasteiger partial charge >= 0.3 is 0 Å². The maximum atomic E-state index is 12.7. The van der Waals surface area contributed by atoms with Crippen molar-refractivity contribution < 1.29 is 19.1 Å². The van der Waals surface area contributed by atoms with Gasteiger partial charge in [-0.05, 0) is 29.8 Å². The summed E-state index contributed by atoms with van der Waals surface area (Å²) in [5.41, 5.74) is 3.95. The van der Waals surface area contributed by atoms with Crippen LogP contribution in [0.3, 0.4) is 0 Å². The van der Waals surface area contributed by atoms with Gasteiger partial charge in [-0.2, -0.15) is 0 Å². The first-order chi connectivity index (χ1) is 14.5. The topological polar surface area (TPSA) is 89.6 Å². The van der Waals surface area contributed by atoms with Crippen LogP contribution in [-0.2, 0) is 16.2 Å². The highest BCUT2D eigenvalue weighted by atomic mass is 32.1. The van der Waals surface area contributed by atoms with Crippen molar-refractivity contribution in [2.24, 2.45) is 0 Å². The first kappa shape index (κ1) is 21.3. The Morgan fingerprint density at radius 1 is 1.13 bits per heavy atom. The fourth-order valence-corrected chi connectivity index (χ4v) is 3.42. The van der Waals surface area contributed by atoms with E-state index >= 15 is 0 Å². The second-order valence-electron chi connectivity index (χ2n) is 6.54. The number of para-hydroxylation sites is 2. The standard InChI is InChI=1S/C22H23N3O4S/c1-15(26)24-20(16-7-9-18(28-2)10-8-16)11-22(27)25-19-5-3-4-6-21(19)29-12-17-13-30-14-23-17/h3-10,13-14,20H,11-12H2,1-2H3,(H,24,26)(H,25,27). The summed E-state index contributed by atoms with van der Waals surface area (Å²) >= 11 is 1.50. The SMILES string of the molecule is COc1ccc(C(CC(=O)Nc2ccccc2OCc2cscn2)NC(C)=O)cc1. The number of carbonyl (C=O) groups is 2. The average molecular weight is 426 g/mol. The predicted molar refractivity (Wildman–Crippen MR) is 116 cm³/mol. The van der Waals surface area contributed by atoms with Crippen molar-refractivity contribution >= 4 is 28.8 Å². The second-order valence-corrected chi connectivity index (χ2v) is 7.26. The summed E-state index contributed by atoms with van der Waals surface area (Å²) in [5, 5.41) is 7.62. The fraction of sp³-hybridized carbons (Fsp3) is 0.227. The minimum Gasteiger partial charge on any atom is -0.497 e. The molecule has 156 valence electrons. The molecule has 2 amide bonds. The van der Waals surface area contributed by atoms with Crippen LogP contribution in [0.15, 0.2) is 59.4 Å². The number of anilines is 1. The molecule has 1 atom stereocenters. The number of ether oxygens (including phenoxy) is 2. The normalized spacial score (nSPS) is 11.4. The Balaban J connectivity index is 1.68. The first-order valence-electron chi connectivity index (χ1n) is 9.35. The number of nitrogens with zero attached hydrogens (tertiary/aromatic N) is 1. The molecule has 8 heteroatoms. The highest BCUT2D eigenvalue weighted by molar-refractivity contribution is 7.07. The molecule has 3 rings (SSSR count). The quantitative estimate of drug-likeness (QED) is 0.542. The van der Waals surface area contributed by atoms with Gasteiger partial charge < -0.3 is 20.1 Å². The van der Waals surface area contributed by atoms with Crippen molar-refractivity contribution in [2.45, 2.75) is 26.0 Å². The Labute approximate surface area is 179 Å². The van der Waals surface area contributed by atoms with Crippen LogP contribution in [0.2, 0.25) is 0 Å². The summed E-state index contributed by atoms with van der Waals surface area (Å²) in [6.07, 6.45) is 0.0757. The van der Waals surface area contributed by atoms with Gasteiger partial charge in [-0.1, -0.05) is 24.3 Å². The number of carbonyl (C=O) groups excluding carboxylic acids is 2. The average Bonchev–Trinajstić information content (AvgIpc) is 3.26. The number of hydrogen-bond donors (Lipinski definition) is 2. The third kappa shape index (κ3) is 6.05. The molecule has 7 nitrogen and oxygen atoms in total. The summed E-state index contributed by atoms with van der Waals surface area (Å²) < 4.78 is 11.0. The zero-order valence-electron chi connectivity index (χ0n) is 16.8. The van der Waals surface area contributed by atoms with Gasteiger partial charge in [0, 0.05) is 12.3 Å². The number of amides is 2. The van der Waals surface area contributed by atoms with Crippen LogP contribution in [0.4, 0.5) is 5.69 Å². The van der Waals surface area contributed by atoms with Crippen LogP contribution < -0.4 is 20.1 Å². The minimum atomic E-state index is -0.462. The molecule has 0 radical (unpaired) electrons. The van der Waals surface area contributed by atoms with Gasteiger partial charge in [-0.15, -0.1) is 11.3 Å². The van der Waals surface area contributed by atoms with Crippen LogP contribution in [0, 0.1) is 0 Å². The molecule has 0 saturated carbocycles. The van der Waals surface area contributed by atoms with Gasteiger partial charge in [0.2, 0.25) is 11.8 Å². The lowest BCUT2D eigenvalue weighted by molar-refractivity contribution is -0.120. The smallest absolute Gasteiger partial charge is 0.226 e. The molecule has 2 N–H and O–H groups in total. The predicted octanol–water partition coefficient (Wildman–Crippen LogP) is 3.94. The lowest BCUT2D eigenvalue weighted by Crippen LogP contribution is -2.29. The number of aromatic nitrogens is 1. The van der Waals surface area contributed by atoms with Gasteiger partial charge in [-0.25, -0.2) is 4.98 Å². The van der Waals surface area contributed by atoms with Crippen LogP contribution in [-0.4, -0.2) is 23.9 Å². The molecule has 0 bridgehead atoms. The molecule has 0 saturated heterocycles. The number of rotatable bonds is 9. The Morgan fingerprint density at radius 3 is 2.57 bits per heavy atom. The van der Waals surface area contributed by atoms with E-state index in [4.69, 9.17) is 9.47 Å². The third-order valence-electron chi connectivity index (χ3n) is 4.31. The van der Waals surface area contributed by atoms with Crippen LogP contribution in [0.1, 0.15) is 30.6 Å². The van der Waals surface area contributed by atoms with E-state index in [0.29, 0.717) is 23.8 Å². The molecule has 1 unspecified atom stereocenters. The first-order valence-corrected chi connectivity index (χ1v) is 10.3. The fourth-order valence-electron chi connectivity index (χ4n) is 2.88. The zero-order chi connectivity index (χ0) is 21.3. The van der Waals surface area contributed by atoms with E-state index in [1.165, 1.54) is 18.3 Å². The summed E-state index contributed by atoms with van der Waals surface area (Å²) in [4.78, 5) is 28.6. The van der Waals surface area contributed by atoms with Crippen LogP contribution in [0.25, 0.3) is 0 Å². The van der Waals surface area contributed by atoms with E-state index in [-0.39, 0.29) is 18.2 Å². The number of nitrogens with one attached hydrogen (secondary N) is 2. The molecule has 3 aromatic rings. The maximum absolute atomic E-state index is 12.7. The number of hydrogen-bond acceptors (Lipinski definition) is 6. The van der Waals surface area contributed by atoms with Gasteiger partial charge in [0.25, 0.3) is 0 Å². The van der Waals surface area contributed by atoms with Gasteiger partial charge in [0.1, 0.15) is 18.1 Å². The Hall–Kier alpha value is -3.39. The molecule has 2 aromatic carbocycles. The van der Waals surface area contributed by atoms with E-state index in [0.717, 1.165) is 11.3 Å². The maximum Gasteiger partial charge on any atom is 0.226 e. The molecular weight excluding hydrogens is 402 g/mol. The Morgan fingerprint density at radius 2 is 1.90 bits per heavy atom. The summed E-state index contributed by atoms with van der Waals surface area (Å²) in [7, 11) is 1.59. The number of thiazole rings is 1. The van der Waals surface area contributed by atoms with E-state index in [2.05, 4.69) is 15.6 Å². The number of benzene rings is 2. The van der Waals surface area contributed by atoms with Crippen LogP contribution >= 0.6 is 11.3 Å². The van der Waals surface area contributed by atoms with Crippen molar-refractivity contribution in [3.8, 4) is 11.5 Å². The molecule has 0 aliphatic rings. The largest absolute Gasteiger partial charge is 0.497 e. The van der Waals surface area contributed by atoms with Crippen molar-refractivity contribution in [3.63, 3.8) is 0 Å². The third-order valence-corrected chi connectivity index (χ3v) is 4.94. The van der Waals surface area contributed by atoms with Gasteiger partial charge in [0.15, 0.2) is 0 Å². The summed E-state index contributed by atoms with van der Waals surface area (Å²) in [6, 6.07) is 14.0. The lowest BCUT2D eigenvalue weighted by atomic mass is 10.0. The second kappa shape index (κ2) is 10.4. The van der Waals surface area contributed by atoms with E-state index in [1.807, 2.05) is 29.6 Å².